The van der Waals surface area contributed by atoms with Crippen LogP contribution in [-0.2, 0) is 10.1 Å². The Morgan fingerprint density at radius 3 is 1.77 bits per heavy atom. The van der Waals surface area contributed by atoms with Gasteiger partial charge in [0.1, 0.15) is 11.5 Å². The minimum atomic E-state index is -4.21. The van der Waals surface area contributed by atoms with E-state index in [4.69, 9.17) is 4.74 Å². The Hall–Kier alpha value is -1.85. The van der Waals surface area contributed by atoms with Gasteiger partial charge in [-0.2, -0.15) is 8.42 Å². The van der Waals surface area contributed by atoms with Crippen LogP contribution in [-0.4, -0.2) is 18.2 Å². The summed E-state index contributed by atoms with van der Waals surface area (Å²) in [6.45, 7) is 2.22. The summed E-state index contributed by atoms with van der Waals surface area (Å²) in [6, 6.07) is 15.1. The molecule has 0 fully saturated rings. The van der Waals surface area contributed by atoms with Gasteiger partial charge in [-0.05, 0) is 18.6 Å². The molecule has 0 saturated carbocycles. The normalized spacial score (nSPS) is 14.6. The zero-order chi connectivity index (χ0) is 21.4. The maximum absolute atomic E-state index is 12.4. The van der Waals surface area contributed by atoms with E-state index in [9.17, 15) is 13.0 Å². The average molecular weight is 431 g/mol. The molecule has 0 aromatic heterocycles. The number of unbranched alkanes of at least 4 members (excludes halogenated alkanes) is 8. The lowest BCUT2D eigenvalue weighted by atomic mass is 9.83. The van der Waals surface area contributed by atoms with Crippen molar-refractivity contribution < 1.29 is 17.7 Å². The molecule has 0 radical (unpaired) electrons. The third-order valence-corrected chi connectivity index (χ3v) is 7.35. The number of fused-ring (bicyclic) bond motifs is 2. The second kappa shape index (κ2) is 11.0. The highest BCUT2D eigenvalue weighted by Gasteiger charge is 2.39. The van der Waals surface area contributed by atoms with Crippen LogP contribution in [0.4, 0.5) is 0 Å². The first-order chi connectivity index (χ1) is 14.5. The van der Waals surface area contributed by atoms with Gasteiger partial charge in [-0.25, -0.2) is 0 Å². The van der Waals surface area contributed by atoms with E-state index in [-0.39, 0.29) is 0 Å². The first-order valence-electron chi connectivity index (χ1n) is 11.3. The molecule has 1 unspecified atom stereocenters. The molecule has 5 heteroatoms. The van der Waals surface area contributed by atoms with Crippen LogP contribution in [0.5, 0.6) is 11.5 Å². The maximum atomic E-state index is 12.4. The van der Waals surface area contributed by atoms with Crippen LogP contribution in [0.25, 0.3) is 0 Å². The van der Waals surface area contributed by atoms with Crippen molar-refractivity contribution in [1.82, 2.24) is 0 Å². The fraction of sp³-hybridized carbons (Fsp3) is 0.520. The van der Waals surface area contributed by atoms with Crippen molar-refractivity contribution in [3.63, 3.8) is 0 Å². The molecule has 1 aliphatic rings. The Bertz CT molecular complexity index is 861. The molecule has 30 heavy (non-hydrogen) atoms. The molecule has 164 valence electrons. The third-order valence-electron chi connectivity index (χ3n) is 6.07. The Balaban J connectivity index is 1.68. The topological polar surface area (TPSA) is 63.6 Å². The van der Waals surface area contributed by atoms with Crippen molar-refractivity contribution in [3.8, 4) is 11.5 Å². The molecule has 1 heterocycles. The zero-order valence-corrected chi connectivity index (χ0v) is 18.7. The molecule has 0 spiro atoms. The number of para-hydroxylation sites is 2. The molecule has 2 aromatic carbocycles. The van der Waals surface area contributed by atoms with Crippen LogP contribution < -0.4 is 4.74 Å². The number of benzene rings is 2. The van der Waals surface area contributed by atoms with Crippen molar-refractivity contribution in [1.29, 1.82) is 0 Å². The van der Waals surface area contributed by atoms with E-state index in [1.165, 1.54) is 38.5 Å². The Kier molecular flexibility index (Phi) is 8.34. The number of hydrogen-bond acceptors (Lipinski definition) is 3. The third kappa shape index (κ3) is 5.86. The molecular formula is C25H34O4S. The van der Waals surface area contributed by atoms with Gasteiger partial charge in [0, 0.05) is 17.0 Å². The lowest BCUT2D eigenvalue weighted by Crippen LogP contribution is -2.30. The highest BCUT2D eigenvalue weighted by molar-refractivity contribution is 7.86. The van der Waals surface area contributed by atoms with E-state index in [0.717, 1.165) is 30.4 Å². The van der Waals surface area contributed by atoms with Gasteiger partial charge in [0.05, 0.1) is 5.25 Å². The summed E-state index contributed by atoms with van der Waals surface area (Å²) in [6.07, 6.45) is 11.0. The standard InChI is InChI=1S/C25H34O4S/c1-2-3-4-5-6-7-8-9-10-19-24(30(26,27)28)25-20-15-11-13-17-22(20)29-23-18-14-12-16-21(23)25/h11-18,24-25H,2-10,19H2,1H3,(H,26,27,28). The lowest BCUT2D eigenvalue weighted by molar-refractivity contribution is 0.415. The van der Waals surface area contributed by atoms with Crippen LogP contribution in [0, 0.1) is 0 Å². The number of rotatable bonds is 12. The van der Waals surface area contributed by atoms with Gasteiger partial charge < -0.3 is 4.74 Å². The summed E-state index contributed by atoms with van der Waals surface area (Å²) in [5, 5.41) is -0.867. The maximum Gasteiger partial charge on any atom is 0.268 e. The molecule has 1 N–H and O–H groups in total. The van der Waals surface area contributed by atoms with E-state index in [1.54, 1.807) is 0 Å². The van der Waals surface area contributed by atoms with Crippen LogP contribution >= 0.6 is 0 Å². The molecule has 3 rings (SSSR count). The Morgan fingerprint density at radius 2 is 1.27 bits per heavy atom. The Morgan fingerprint density at radius 1 is 0.800 bits per heavy atom. The van der Waals surface area contributed by atoms with Gasteiger partial charge in [-0.15, -0.1) is 0 Å². The van der Waals surface area contributed by atoms with Crippen LogP contribution in [0.1, 0.15) is 88.2 Å². The van der Waals surface area contributed by atoms with Gasteiger partial charge >= 0.3 is 0 Å². The summed E-state index contributed by atoms with van der Waals surface area (Å²) in [5.74, 6) is 0.916. The van der Waals surface area contributed by atoms with E-state index >= 15 is 0 Å². The molecule has 2 aromatic rings. The molecule has 0 bridgehead atoms. The quantitative estimate of drug-likeness (QED) is 0.288. The fourth-order valence-electron chi connectivity index (χ4n) is 4.49. The molecule has 0 aliphatic carbocycles. The van der Waals surface area contributed by atoms with Gasteiger partial charge in [0.25, 0.3) is 10.1 Å². The molecule has 0 saturated heterocycles. The minimum absolute atomic E-state index is 0.421. The summed E-state index contributed by atoms with van der Waals surface area (Å²) >= 11 is 0. The highest BCUT2D eigenvalue weighted by Crippen LogP contribution is 2.47. The summed E-state index contributed by atoms with van der Waals surface area (Å²) in [7, 11) is -4.21. The summed E-state index contributed by atoms with van der Waals surface area (Å²) < 4.78 is 41.0. The molecule has 4 nitrogen and oxygen atoms in total. The highest BCUT2D eigenvalue weighted by atomic mass is 32.2. The predicted octanol–water partition coefficient (Wildman–Crippen LogP) is 7.10. The van der Waals surface area contributed by atoms with Crippen molar-refractivity contribution in [3.05, 3.63) is 59.7 Å². The zero-order valence-electron chi connectivity index (χ0n) is 17.9. The summed E-state index contributed by atoms with van der Waals surface area (Å²) in [4.78, 5) is 0. The summed E-state index contributed by atoms with van der Waals surface area (Å²) in [5.41, 5.74) is 1.66. The van der Waals surface area contributed by atoms with Crippen molar-refractivity contribution in [2.75, 3.05) is 0 Å². The van der Waals surface area contributed by atoms with Crippen molar-refractivity contribution in [2.24, 2.45) is 0 Å². The minimum Gasteiger partial charge on any atom is -0.457 e. The second-order valence-electron chi connectivity index (χ2n) is 8.33. The lowest BCUT2D eigenvalue weighted by Gasteiger charge is -2.32. The van der Waals surface area contributed by atoms with E-state index in [1.807, 2.05) is 48.5 Å². The Labute approximate surface area is 181 Å². The first-order valence-corrected chi connectivity index (χ1v) is 12.8. The van der Waals surface area contributed by atoms with Crippen LogP contribution in [0.2, 0.25) is 0 Å². The molecule has 1 atom stereocenters. The van der Waals surface area contributed by atoms with Gasteiger partial charge in [-0.1, -0.05) is 101 Å². The monoisotopic (exact) mass is 430 g/mol. The molecule has 0 amide bonds. The largest absolute Gasteiger partial charge is 0.457 e. The van der Waals surface area contributed by atoms with Crippen molar-refractivity contribution >= 4 is 10.1 Å². The van der Waals surface area contributed by atoms with Gasteiger partial charge in [0.2, 0.25) is 0 Å². The van der Waals surface area contributed by atoms with Crippen LogP contribution in [0.15, 0.2) is 48.5 Å². The fourth-order valence-corrected chi connectivity index (χ4v) is 5.59. The molecule has 1 aliphatic heterocycles. The second-order valence-corrected chi connectivity index (χ2v) is 9.96. The van der Waals surface area contributed by atoms with Gasteiger partial charge in [-0.3, -0.25) is 4.55 Å². The van der Waals surface area contributed by atoms with Crippen molar-refractivity contribution in [2.45, 2.75) is 82.3 Å². The van der Waals surface area contributed by atoms with E-state index in [0.29, 0.717) is 17.9 Å². The smallest absolute Gasteiger partial charge is 0.268 e. The number of hydrogen-bond donors (Lipinski definition) is 1. The number of ether oxygens (including phenoxy) is 1. The molecular weight excluding hydrogens is 396 g/mol. The SMILES string of the molecule is CCCCCCCCCCCC(C1c2ccccc2Oc2ccccc21)S(=O)(=O)O. The van der Waals surface area contributed by atoms with Gasteiger partial charge in [0.15, 0.2) is 0 Å². The van der Waals surface area contributed by atoms with E-state index in [2.05, 4.69) is 6.92 Å². The average Bonchev–Trinajstić information content (AvgIpc) is 2.73. The van der Waals surface area contributed by atoms with E-state index < -0.39 is 21.3 Å². The first kappa shape index (κ1) is 22.8. The predicted molar refractivity (Wildman–Crippen MR) is 122 cm³/mol. The van der Waals surface area contributed by atoms with Crippen LogP contribution in [0.3, 0.4) is 0 Å².